The summed E-state index contributed by atoms with van der Waals surface area (Å²) in [6.45, 7) is 0.772. The fraction of sp³-hybridized carbons (Fsp3) is 0.308. The minimum Gasteiger partial charge on any atom is -0.411 e. The van der Waals surface area contributed by atoms with E-state index in [1.54, 1.807) is 24.1 Å². The molecule has 104 valence electrons. The summed E-state index contributed by atoms with van der Waals surface area (Å²) in [5.41, 5.74) is 0.809. The van der Waals surface area contributed by atoms with Crippen LogP contribution in [0.2, 0.25) is 5.02 Å². The second kappa shape index (κ2) is 5.46. The summed E-state index contributed by atoms with van der Waals surface area (Å²) in [7, 11) is 1.80. The minimum absolute atomic E-state index is 0.112. The molecule has 1 saturated heterocycles. The Morgan fingerprint density at radius 3 is 2.75 bits per heavy atom. The second-order valence-electron chi connectivity index (χ2n) is 4.53. The van der Waals surface area contributed by atoms with E-state index >= 15 is 0 Å². The Morgan fingerprint density at radius 2 is 2.10 bits per heavy atom. The van der Waals surface area contributed by atoms with Crippen LogP contribution in [0.5, 0.6) is 0 Å². The predicted octanol–water partition coefficient (Wildman–Crippen LogP) is 2.71. The van der Waals surface area contributed by atoms with Crippen LogP contribution < -0.4 is 0 Å². The number of hydrogen-bond acceptors (Lipinski definition) is 5. The molecule has 0 aliphatic carbocycles. The molecule has 0 spiro atoms. The van der Waals surface area contributed by atoms with Crippen molar-refractivity contribution in [1.29, 1.82) is 0 Å². The van der Waals surface area contributed by atoms with Crippen molar-refractivity contribution in [2.75, 3.05) is 13.6 Å². The SMILES string of the molecule is CN1CC[C@H](Sc2nnc(-c3ccc(Cl)cc3)o2)C1=O. The lowest BCUT2D eigenvalue weighted by Gasteiger charge is -2.07. The number of hydrogen-bond donors (Lipinski definition) is 0. The number of rotatable bonds is 3. The van der Waals surface area contributed by atoms with Crippen LogP contribution in [0.4, 0.5) is 0 Å². The molecule has 1 aromatic heterocycles. The molecule has 1 amide bonds. The summed E-state index contributed by atoms with van der Waals surface area (Å²) in [5.74, 6) is 0.546. The van der Waals surface area contributed by atoms with E-state index in [-0.39, 0.29) is 11.2 Å². The number of thioether (sulfide) groups is 1. The van der Waals surface area contributed by atoms with Gasteiger partial charge in [0.25, 0.3) is 5.22 Å². The molecule has 0 radical (unpaired) electrons. The molecule has 1 aliphatic heterocycles. The summed E-state index contributed by atoms with van der Waals surface area (Å²) in [6, 6.07) is 7.17. The van der Waals surface area contributed by atoms with E-state index in [1.807, 2.05) is 12.1 Å². The van der Waals surface area contributed by atoms with Gasteiger partial charge >= 0.3 is 0 Å². The smallest absolute Gasteiger partial charge is 0.277 e. The number of halogens is 1. The van der Waals surface area contributed by atoms with Crippen LogP contribution in [0.25, 0.3) is 11.5 Å². The zero-order chi connectivity index (χ0) is 14.1. The van der Waals surface area contributed by atoms with Crippen molar-refractivity contribution in [1.82, 2.24) is 15.1 Å². The van der Waals surface area contributed by atoms with E-state index in [0.717, 1.165) is 18.5 Å². The van der Waals surface area contributed by atoms with Crippen molar-refractivity contribution in [3.63, 3.8) is 0 Å². The van der Waals surface area contributed by atoms with Gasteiger partial charge < -0.3 is 9.32 Å². The Morgan fingerprint density at radius 1 is 1.35 bits per heavy atom. The summed E-state index contributed by atoms with van der Waals surface area (Å²) >= 11 is 7.16. The molecule has 1 atom stereocenters. The van der Waals surface area contributed by atoms with Gasteiger partial charge in [0.15, 0.2) is 0 Å². The first-order chi connectivity index (χ1) is 9.63. The fourth-order valence-electron chi connectivity index (χ4n) is 1.99. The summed E-state index contributed by atoms with van der Waals surface area (Å²) in [6.07, 6.45) is 0.804. The molecule has 1 aromatic carbocycles. The minimum atomic E-state index is -0.126. The number of benzene rings is 1. The number of aromatic nitrogens is 2. The van der Waals surface area contributed by atoms with Crippen molar-refractivity contribution in [3.8, 4) is 11.5 Å². The molecule has 2 heterocycles. The van der Waals surface area contributed by atoms with Crippen LogP contribution in [0.1, 0.15) is 6.42 Å². The lowest BCUT2D eigenvalue weighted by Crippen LogP contribution is -2.23. The second-order valence-corrected chi connectivity index (χ2v) is 6.13. The van der Waals surface area contributed by atoms with Gasteiger partial charge in [-0.25, -0.2) is 0 Å². The molecule has 0 unspecified atom stereocenters. The Labute approximate surface area is 125 Å². The highest BCUT2D eigenvalue weighted by atomic mass is 35.5. The molecule has 5 nitrogen and oxygen atoms in total. The highest BCUT2D eigenvalue weighted by molar-refractivity contribution is 8.00. The summed E-state index contributed by atoms with van der Waals surface area (Å²) in [4.78, 5) is 13.5. The number of carbonyl (C=O) groups is 1. The van der Waals surface area contributed by atoms with Crippen molar-refractivity contribution < 1.29 is 9.21 Å². The molecule has 0 bridgehead atoms. The molecule has 3 rings (SSSR count). The van der Waals surface area contributed by atoms with Crippen molar-refractivity contribution in [2.45, 2.75) is 16.9 Å². The van der Waals surface area contributed by atoms with Crippen LogP contribution in [0.3, 0.4) is 0 Å². The van der Waals surface area contributed by atoms with Crippen molar-refractivity contribution in [3.05, 3.63) is 29.3 Å². The topological polar surface area (TPSA) is 59.2 Å². The van der Waals surface area contributed by atoms with Gasteiger partial charge in [0.1, 0.15) is 0 Å². The van der Waals surface area contributed by atoms with E-state index < -0.39 is 0 Å². The van der Waals surface area contributed by atoms with Crippen LogP contribution in [-0.4, -0.2) is 39.8 Å². The van der Waals surface area contributed by atoms with Crippen molar-refractivity contribution >= 4 is 29.3 Å². The zero-order valence-electron chi connectivity index (χ0n) is 10.7. The van der Waals surface area contributed by atoms with Gasteiger partial charge in [-0.15, -0.1) is 10.2 Å². The largest absolute Gasteiger partial charge is 0.411 e. The molecule has 2 aromatic rings. The maximum Gasteiger partial charge on any atom is 0.277 e. The van der Waals surface area contributed by atoms with Crippen LogP contribution in [0.15, 0.2) is 33.9 Å². The van der Waals surface area contributed by atoms with Gasteiger partial charge in [-0.1, -0.05) is 23.4 Å². The van der Waals surface area contributed by atoms with E-state index in [1.165, 1.54) is 11.8 Å². The normalized spacial score (nSPS) is 18.8. The van der Waals surface area contributed by atoms with Gasteiger partial charge in [-0.05, 0) is 30.7 Å². The maximum absolute atomic E-state index is 11.8. The first-order valence-corrected chi connectivity index (χ1v) is 7.40. The van der Waals surface area contributed by atoms with Gasteiger partial charge in [-0.2, -0.15) is 0 Å². The molecule has 0 N–H and O–H groups in total. The Balaban J connectivity index is 1.74. The van der Waals surface area contributed by atoms with E-state index in [9.17, 15) is 4.79 Å². The monoisotopic (exact) mass is 309 g/mol. The Kier molecular flexibility index (Phi) is 3.67. The van der Waals surface area contributed by atoms with E-state index in [2.05, 4.69) is 10.2 Å². The molecular weight excluding hydrogens is 298 g/mol. The number of nitrogens with zero attached hydrogens (tertiary/aromatic N) is 3. The predicted molar refractivity (Wildman–Crippen MR) is 76.6 cm³/mol. The molecule has 1 aliphatic rings. The molecule has 0 saturated carbocycles. The quantitative estimate of drug-likeness (QED) is 0.872. The zero-order valence-corrected chi connectivity index (χ0v) is 12.3. The summed E-state index contributed by atoms with van der Waals surface area (Å²) < 4.78 is 5.58. The average Bonchev–Trinajstić information content (AvgIpc) is 3.02. The number of likely N-dealkylation sites (tertiary alicyclic amines) is 1. The Bertz CT molecular complexity index is 629. The van der Waals surface area contributed by atoms with Crippen LogP contribution in [0, 0.1) is 0 Å². The highest BCUT2D eigenvalue weighted by Gasteiger charge is 2.31. The molecule has 20 heavy (non-hydrogen) atoms. The maximum atomic E-state index is 11.8. The van der Waals surface area contributed by atoms with Gasteiger partial charge in [-0.3, -0.25) is 4.79 Å². The van der Waals surface area contributed by atoms with Crippen molar-refractivity contribution in [2.24, 2.45) is 0 Å². The van der Waals surface area contributed by atoms with Gasteiger partial charge in [0.05, 0.1) is 5.25 Å². The molecule has 7 heteroatoms. The summed E-state index contributed by atoms with van der Waals surface area (Å²) in [5, 5.41) is 8.93. The standard InChI is InChI=1S/C13H12ClN3O2S/c1-17-7-6-10(12(17)18)20-13-16-15-11(19-13)8-2-4-9(14)5-3-8/h2-5,10H,6-7H2,1H3/t10-/m0/s1. The van der Waals surface area contributed by atoms with Gasteiger partial charge in [0.2, 0.25) is 11.8 Å². The number of amides is 1. The third kappa shape index (κ3) is 2.66. The lowest BCUT2D eigenvalue weighted by atomic mass is 10.2. The number of carbonyl (C=O) groups excluding carboxylic acids is 1. The third-order valence-electron chi connectivity index (χ3n) is 3.12. The lowest BCUT2D eigenvalue weighted by molar-refractivity contribution is -0.126. The molecule has 1 fully saturated rings. The fourth-order valence-corrected chi connectivity index (χ4v) is 3.08. The third-order valence-corrected chi connectivity index (χ3v) is 4.46. The van der Waals surface area contributed by atoms with Gasteiger partial charge in [0, 0.05) is 24.2 Å². The average molecular weight is 310 g/mol. The molecular formula is C13H12ClN3O2S. The first kappa shape index (κ1) is 13.5. The highest BCUT2D eigenvalue weighted by Crippen LogP contribution is 2.31. The Hall–Kier alpha value is -1.53. The van der Waals surface area contributed by atoms with E-state index in [4.69, 9.17) is 16.0 Å². The van der Waals surface area contributed by atoms with Crippen LogP contribution >= 0.6 is 23.4 Å². The van der Waals surface area contributed by atoms with Crippen LogP contribution in [-0.2, 0) is 4.79 Å². The first-order valence-electron chi connectivity index (χ1n) is 6.14. The van der Waals surface area contributed by atoms with E-state index in [0.29, 0.717) is 16.1 Å².